The van der Waals surface area contributed by atoms with E-state index < -0.39 is 0 Å². The molecule has 0 aliphatic carbocycles. The third-order valence-electron chi connectivity index (χ3n) is 3.47. The summed E-state index contributed by atoms with van der Waals surface area (Å²) in [5, 5.41) is 0.0968. The Bertz CT molecular complexity index is 304. The number of hydrogen-bond acceptors (Lipinski definition) is 1. The maximum absolute atomic E-state index is 6.01. The second-order valence-electron chi connectivity index (χ2n) is 4.53. The summed E-state index contributed by atoms with van der Waals surface area (Å²) >= 11 is 0. The molecule has 1 unspecified atom stereocenters. The van der Waals surface area contributed by atoms with Crippen LogP contribution >= 0.6 is 0 Å². The van der Waals surface area contributed by atoms with Gasteiger partial charge in [-0.15, -0.1) is 0 Å². The third kappa shape index (κ3) is 2.32. The monoisotopic (exact) mass is 219 g/mol. The van der Waals surface area contributed by atoms with Gasteiger partial charge < -0.3 is 4.74 Å². The lowest BCUT2D eigenvalue weighted by molar-refractivity contribution is -0.00387. The molecule has 1 heterocycles. The molecule has 1 saturated heterocycles. The zero-order valence-corrected chi connectivity index (χ0v) is 11.6. The summed E-state index contributed by atoms with van der Waals surface area (Å²) in [5.74, 6) is 1.43. The quantitative estimate of drug-likeness (QED) is 0.690. The van der Waals surface area contributed by atoms with Crippen LogP contribution in [0.1, 0.15) is 31.7 Å². The molecule has 0 saturated carbocycles. The lowest BCUT2D eigenvalue weighted by Gasteiger charge is -2.39. The number of ether oxygens (including phenoxy) is 1. The molecule has 1 aromatic carbocycles. The maximum atomic E-state index is 6.01. The Kier molecular flexibility index (Phi) is 3.27. The van der Waals surface area contributed by atoms with Crippen LogP contribution in [-0.2, 0) is 4.74 Å². The molecule has 2 heteroatoms. The Morgan fingerprint density at radius 2 is 2.00 bits per heavy atom. The molecule has 2 rings (SSSR count). The average molecular weight is 219 g/mol. The highest BCUT2D eigenvalue weighted by molar-refractivity contribution is 6.16. The lowest BCUT2D eigenvalue weighted by Crippen LogP contribution is -2.42. The molecule has 15 heavy (non-hydrogen) atoms. The highest BCUT2D eigenvalue weighted by Crippen LogP contribution is 2.34. The smallest absolute Gasteiger partial charge is 0.0586 e. The van der Waals surface area contributed by atoms with Crippen LogP contribution in [0, 0.1) is 5.92 Å². The molecular weight excluding hydrogens is 200 g/mol. The molecule has 1 aliphatic rings. The first-order valence-corrected chi connectivity index (χ1v) is 6.76. The van der Waals surface area contributed by atoms with Crippen LogP contribution in [-0.4, -0.2) is 22.1 Å². The minimum atomic E-state index is 0.0968. The maximum Gasteiger partial charge on any atom is 0.0586 e. The van der Waals surface area contributed by atoms with Crippen molar-refractivity contribution in [1.82, 2.24) is 0 Å². The molecule has 1 fully saturated rings. The van der Waals surface area contributed by atoms with Crippen LogP contribution < -0.4 is 0 Å². The standard InChI is InChI=1S/C13H19OSi/c1-11(12-7-3-2-4-8-12)13(15)9-5-6-10-14-13/h2-4,7-8H,5-6,9-10H2,1,15H3. The van der Waals surface area contributed by atoms with Crippen molar-refractivity contribution >= 4 is 10.2 Å². The highest BCUT2D eigenvalue weighted by Gasteiger charge is 2.34. The minimum absolute atomic E-state index is 0.0968. The second kappa shape index (κ2) is 4.50. The van der Waals surface area contributed by atoms with E-state index >= 15 is 0 Å². The van der Waals surface area contributed by atoms with Crippen LogP contribution in [0.25, 0.3) is 0 Å². The summed E-state index contributed by atoms with van der Waals surface area (Å²) in [6.45, 7) is 3.17. The summed E-state index contributed by atoms with van der Waals surface area (Å²) in [6.07, 6.45) is 3.75. The van der Waals surface area contributed by atoms with Gasteiger partial charge in [-0.2, -0.15) is 0 Å². The molecule has 0 bridgehead atoms. The summed E-state index contributed by atoms with van der Waals surface area (Å²) in [5.41, 5.74) is 1.34. The predicted molar refractivity (Wildman–Crippen MR) is 66.9 cm³/mol. The van der Waals surface area contributed by atoms with Gasteiger partial charge in [-0.25, -0.2) is 0 Å². The van der Waals surface area contributed by atoms with E-state index in [-0.39, 0.29) is 5.22 Å². The van der Waals surface area contributed by atoms with Crippen LogP contribution in [0.5, 0.6) is 0 Å². The van der Waals surface area contributed by atoms with Gasteiger partial charge in [-0.1, -0.05) is 37.3 Å². The van der Waals surface area contributed by atoms with Gasteiger partial charge >= 0.3 is 0 Å². The van der Waals surface area contributed by atoms with Gasteiger partial charge in [0.25, 0.3) is 0 Å². The molecule has 1 nitrogen and oxygen atoms in total. The summed E-state index contributed by atoms with van der Waals surface area (Å²) < 4.78 is 6.01. The lowest BCUT2D eigenvalue weighted by atomic mass is 9.90. The van der Waals surface area contributed by atoms with Crippen LogP contribution in [0.2, 0.25) is 0 Å². The van der Waals surface area contributed by atoms with Crippen molar-refractivity contribution in [2.24, 2.45) is 0 Å². The zero-order valence-electron chi connectivity index (χ0n) is 9.62. The van der Waals surface area contributed by atoms with Gasteiger partial charge in [-0.3, -0.25) is 0 Å². The summed E-state index contributed by atoms with van der Waals surface area (Å²) in [4.78, 5) is 0. The Balaban J connectivity index is 2.16. The second-order valence-corrected chi connectivity index (χ2v) is 6.14. The number of benzene rings is 1. The zero-order chi connectivity index (χ0) is 10.7. The first-order chi connectivity index (χ1) is 7.22. The van der Waals surface area contributed by atoms with Crippen LogP contribution in [0.4, 0.5) is 0 Å². The van der Waals surface area contributed by atoms with E-state index in [2.05, 4.69) is 37.3 Å². The number of hydrogen-bond donors (Lipinski definition) is 0. The minimum Gasteiger partial charge on any atom is -0.379 e. The van der Waals surface area contributed by atoms with Gasteiger partial charge in [0.15, 0.2) is 0 Å². The molecule has 0 N–H and O–H groups in total. The molecule has 1 radical (unpaired) electrons. The van der Waals surface area contributed by atoms with Gasteiger partial charge in [-0.05, 0) is 24.8 Å². The highest BCUT2D eigenvalue weighted by atomic mass is 28.1. The van der Waals surface area contributed by atoms with Crippen LogP contribution in [0.15, 0.2) is 30.3 Å². The van der Waals surface area contributed by atoms with Gasteiger partial charge in [0.1, 0.15) is 0 Å². The molecule has 1 aliphatic heterocycles. The largest absolute Gasteiger partial charge is 0.379 e. The van der Waals surface area contributed by atoms with Crippen molar-refractivity contribution in [1.29, 1.82) is 0 Å². The van der Waals surface area contributed by atoms with E-state index in [1.54, 1.807) is 0 Å². The van der Waals surface area contributed by atoms with Crippen molar-refractivity contribution in [3.63, 3.8) is 0 Å². The van der Waals surface area contributed by atoms with Crippen molar-refractivity contribution in [2.75, 3.05) is 6.61 Å². The first-order valence-electron chi connectivity index (χ1n) is 5.76. The fraction of sp³-hybridized carbons (Fsp3) is 0.462. The predicted octanol–water partition coefficient (Wildman–Crippen LogP) is 1.89. The summed E-state index contributed by atoms with van der Waals surface area (Å²) in [7, 11) is 1.09. The van der Waals surface area contributed by atoms with Gasteiger partial charge in [0.2, 0.25) is 0 Å². The van der Waals surface area contributed by atoms with E-state index in [0.29, 0.717) is 0 Å². The molecule has 81 valence electrons. The Morgan fingerprint density at radius 3 is 2.60 bits per heavy atom. The van der Waals surface area contributed by atoms with E-state index in [1.165, 1.54) is 30.7 Å². The van der Waals surface area contributed by atoms with Gasteiger partial charge in [0.05, 0.1) is 5.22 Å². The van der Waals surface area contributed by atoms with E-state index in [9.17, 15) is 0 Å². The fourth-order valence-corrected chi connectivity index (χ4v) is 3.07. The molecule has 0 spiro atoms. The van der Waals surface area contributed by atoms with Crippen molar-refractivity contribution in [2.45, 2.75) is 31.4 Å². The number of rotatable bonds is 2. The van der Waals surface area contributed by atoms with Crippen molar-refractivity contribution in [3.05, 3.63) is 41.8 Å². The Hall–Kier alpha value is -0.603. The fourth-order valence-electron chi connectivity index (χ4n) is 2.22. The SMILES string of the molecule is C[C](c1ccccc1)C1([SiH3])CCCCO1. The summed E-state index contributed by atoms with van der Waals surface area (Å²) in [6, 6.07) is 10.7. The van der Waals surface area contributed by atoms with E-state index in [4.69, 9.17) is 4.74 Å². The average Bonchev–Trinajstić information content (AvgIpc) is 2.30. The topological polar surface area (TPSA) is 9.23 Å². The molecular formula is C13H19OSi. The normalized spacial score (nSPS) is 27.1. The first kappa shape index (κ1) is 10.9. The molecule has 1 aromatic rings. The Labute approximate surface area is 95.3 Å². The molecule has 0 aromatic heterocycles. The van der Waals surface area contributed by atoms with Gasteiger partial charge in [0, 0.05) is 22.8 Å². The van der Waals surface area contributed by atoms with E-state index in [1.807, 2.05) is 0 Å². The molecule has 0 amide bonds. The Morgan fingerprint density at radius 1 is 1.27 bits per heavy atom. The van der Waals surface area contributed by atoms with Crippen molar-refractivity contribution < 1.29 is 4.74 Å². The van der Waals surface area contributed by atoms with Crippen LogP contribution in [0.3, 0.4) is 0 Å². The third-order valence-corrected chi connectivity index (χ3v) is 5.01. The molecule has 1 atom stereocenters. The van der Waals surface area contributed by atoms with E-state index in [0.717, 1.165) is 16.8 Å². The van der Waals surface area contributed by atoms with Crippen molar-refractivity contribution in [3.8, 4) is 0 Å².